The zero-order valence-electron chi connectivity index (χ0n) is 20.0. The van der Waals surface area contributed by atoms with Gasteiger partial charge in [0.15, 0.2) is 5.75 Å². The van der Waals surface area contributed by atoms with Gasteiger partial charge < -0.3 is 10.1 Å². The number of nitrogens with zero attached hydrogens (tertiary/aromatic N) is 4. The van der Waals surface area contributed by atoms with Crippen LogP contribution in [-0.2, 0) is 17.1 Å². The molecule has 1 N–H and O–H groups in total. The van der Waals surface area contributed by atoms with E-state index in [2.05, 4.69) is 15.3 Å². The number of aryl methyl sites for hydroxylation is 2. The van der Waals surface area contributed by atoms with Gasteiger partial charge in [0.2, 0.25) is 5.95 Å². The van der Waals surface area contributed by atoms with Gasteiger partial charge in [0.1, 0.15) is 21.4 Å². The Hall–Kier alpha value is -3.06. The highest BCUT2D eigenvalue weighted by atomic mass is 35.5. The van der Waals surface area contributed by atoms with Crippen LogP contribution in [0.1, 0.15) is 18.4 Å². The predicted octanol–water partition coefficient (Wildman–Crippen LogP) is 4.32. The fourth-order valence-electron chi connectivity index (χ4n) is 4.17. The number of pyridine rings is 1. The molecule has 1 aliphatic heterocycles. The predicted molar refractivity (Wildman–Crippen MR) is 143 cm³/mol. The summed E-state index contributed by atoms with van der Waals surface area (Å²) in [6, 6.07) is 9.01. The molecule has 1 saturated heterocycles. The summed E-state index contributed by atoms with van der Waals surface area (Å²) >= 11 is 1.22. The molecule has 0 radical (unpaired) electrons. The lowest BCUT2D eigenvalue weighted by molar-refractivity contribution is 0.330. The van der Waals surface area contributed by atoms with E-state index in [1.165, 1.54) is 38.4 Å². The molecular formula is C24H25ClFN5O4S2. The summed E-state index contributed by atoms with van der Waals surface area (Å²) in [5, 5.41) is 5.63. The number of sulfonamides is 1. The van der Waals surface area contributed by atoms with Crippen molar-refractivity contribution in [3.05, 3.63) is 69.7 Å². The standard InChI is InChI=1S/C24H24FN5O4S2.ClH/c1-15-12-17(25)5-6-19(15)34-20-13-16-14-26-24(28-22(16)29(2)23(20)31)27-18-7-9-30(10-8-18)36(32,33)21-4-3-11-35-21;/h3-6,11-14,18H,7-10H2,1-2H3,(H,26,27,28);1H. The van der Waals surface area contributed by atoms with E-state index in [0.29, 0.717) is 58.4 Å². The molecule has 0 saturated carbocycles. The molecule has 1 aliphatic rings. The summed E-state index contributed by atoms with van der Waals surface area (Å²) in [7, 11) is -1.86. The minimum absolute atomic E-state index is 0. The van der Waals surface area contributed by atoms with Crippen molar-refractivity contribution in [1.82, 2.24) is 18.8 Å². The number of nitrogens with one attached hydrogen (secondary N) is 1. The van der Waals surface area contributed by atoms with Crippen LogP contribution >= 0.6 is 23.7 Å². The van der Waals surface area contributed by atoms with E-state index in [1.807, 2.05) is 0 Å². The Kier molecular flexibility index (Phi) is 7.83. The molecule has 0 aliphatic carbocycles. The van der Waals surface area contributed by atoms with Gasteiger partial charge in [-0.3, -0.25) is 9.36 Å². The summed E-state index contributed by atoms with van der Waals surface area (Å²) < 4.78 is 47.9. The zero-order chi connectivity index (χ0) is 25.4. The molecule has 1 fully saturated rings. The van der Waals surface area contributed by atoms with Gasteiger partial charge in [0.05, 0.1) is 0 Å². The summed E-state index contributed by atoms with van der Waals surface area (Å²) in [5.41, 5.74) is 0.614. The summed E-state index contributed by atoms with van der Waals surface area (Å²) in [6.45, 7) is 2.49. The maximum atomic E-state index is 13.4. The summed E-state index contributed by atoms with van der Waals surface area (Å²) in [4.78, 5) is 21.8. The molecule has 0 unspecified atom stereocenters. The fraction of sp³-hybridized carbons (Fsp3) is 0.292. The van der Waals surface area contributed by atoms with Crippen LogP contribution in [0, 0.1) is 12.7 Å². The van der Waals surface area contributed by atoms with Crippen LogP contribution in [0.15, 0.2) is 57.0 Å². The normalized spacial score (nSPS) is 14.9. The number of halogens is 2. The molecule has 196 valence electrons. The third-order valence-corrected chi connectivity index (χ3v) is 9.42. The van der Waals surface area contributed by atoms with Gasteiger partial charge in [-0.2, -0.15) is 9.29 Å². The van der Waals surface area contributed by atoms with Crippen LogP contribution in [0.4, 0.5) is 10.3 Å². The molecule has 9 nitrogen and oxygen atoms in total. The van der Waals surface area contributed by atoms with Crippen LogP contribution in [0.25, 0.3) is 11.0 Å². The third kappa shape index (κ3) is 5.47. The van der Waals surface area contributed by atoms with E-state index >= 15 is 0 Å². The number of aromatic nitrogens is 3. The minimum Gasteiger partial charge on any atom is -0.451 e. The number of benzene rings is 1. The quantitative estimate of drug-likeness (QED) is 0.371. The average Bonchev–Trinajstić information content (AvgIpc) is 3.41. The lowest BCUT2D eigenvalue weighted by Crippen LogP contribution is -2.42. The highest BCUT2D eigenvalue weighted by molar-refractivity contribution is 7.91. The Bertz CT molecular complexity index is 1590. The Labute approximate surface area is 223 Å². The van der Waals surface area contributed by atoms with E-state index in [-0.39, 0.29) is 35.6 Å². The molecule has 5 rings (SSSR count). The topological polar surface area (TPSA) is 106 Å². The zero-order valence-corrected chi connectivity index (χ0v) is 22.5. The molecule has 37 heavy (non-hydrogen) atoms. The van der Waals surface area contributed by atoms with Crippen molar-refractivity contribution in [2.75, 3.05) is 18.4 Å². The van der Waals surface area contributed by atoms with E-state index in [4.69, 9.17) is 4.74 Å². The van der Waals surface area contributed by atoms with Crippen LogP contribution < -0.4 is 15.6 Å². The monoisotopic (exact) mass is 565 g/mol. The first kappa shape index (κ1) is 27.0. The van der Waals surface area contributed by atoms with Crippen molar-refractivity contribution < 1.29 is 17.5 Å². The number of hydrogen-bond donors (Lipinski definition) is 1. The SMILES string of the molecule is Cc1cc(F)ccc1Oc1cc2cnc(NC3CCN(S(=O)(=O)c4cccs4)CC3)nc2n(C)c1=O.Cl. The number of fused-ring (bicyclic) bond motifs is 1. The van der Waals surface area contributed by atoms with E-state index < -0.39 is 10.0 Å². The first-order valence-corrected chi connectivity index (χ1v) is 13.7. The highest BCUT2D eigenvalue weighted by Gasteiger charge is 2.30. The second-order valence-corrected chi connectivity index (χ2v) is 11.7. The number of hydrogen-bond acceptors (Lipinski definition) is 8. The molecule has 0 bridgehead atoms. The van der Waals surface area contributed by atoms with Gasteiger partial charge in [0.25, 0.3) is 15.6 Å². The molecule has 1 aromatic carbocycles. The molecule has 0 amide bonds. The van der Waals surface area contributed by atoms with Crippen molar-refractivity contribution in [2.24, 2.45) is 7.05 Å². The Morgan fingerprint density at radius 2 is 1.92 bits per heavy atom. The van der Waals surface area contributed by atoms with Gasteiger partial charge in [-0.05, 0) is 61.0 Å². The van der Waals surface area contributed by atoms with Gasteiger partial charge in [-0.25, -0.2) is 17.8 Å². The van der Waals surface area contributed by atoms with E-state index in [1.54, 1.807) is 43.7 Å². The van der Waals surface area contributed by atoms with Crippen molar-refractivity contribution in [3.63, 3.8) is 0 Å². The highest BCUT2D eigenvalue weighted by Crippen LogP contribution is 2.27. The number of piperidine rings is 1. The fourth-order valence-corrected chi connectivity index (χ4v) is 6.78. The van der Waals surface area contributed by atoms with Crippen molar-refractivity contribution >= 4 is 50.7 Å². The van der Waals surface area contributed by atoms with Crippen molar-refractivity contribution in [2.45, 2.75) is 30.0 Å². The Balaban J connectivity index is 0.00000320. The molecule has 13 heteroatoms. The maximum absolute atomic E-state index is 13.4. The number of anilines is 1. The second-order valence-electron chi connectivity index (χ2n) is 8.61. The first-order chi connectivity index (χ1) is 17.2. The van der Waals surface area contributed by atoms with Crippen LogP contribution in [0.3, 0.4) is 0 Å². The Morgan fingerprint density at radius 1 is 1.16 bits per heavy atom. The number of rotatable bonds is 6. The summed E-state index contributed by atoms with van der Waals surface area (Å²) in [5.74, 6) is 0.456. The van der Waals surface area contributed by atoms with E-state index in [9.17, 15) is 17.6 Å². The molecule has 0 atom stereocenters. The molecule has 4 aromatic rings. The van der Waals surface area contributed by atoms with Crippen LogP contribution in [0.2, 0.25) is 0 Å². The Morgan fingerprint density at radius 3 is 2.59 bits per heavy atom. The van der Waals surface area contributed by atoms with Gasteiger partial charge in [0, 0.05) is 37.8 Å². The lowest BCUT2D eigenvalue weighted by Gasteiger charge is -2.31. The van der Waals surface area contributed by atoms with Crippen molar-refractivity contribution in [3.8, 4) is 11.5 Å². The van der Waals surface area contributed by atoms with Crippen LogP contribution in [0.5, 0.6) is 11.5 Å². The average molecular weight is 566 g/mol. The van der Waals surface area contributed by atoms with Crippen molar-refractivity contribution in [1.29, 1.82) is 0 Å². The molecular weight excluding hydrogens is 541 g/mol. The third-order valence-electron chi connectivity index (χ3n) is 6.15. The number of thiophene rings is 1. The van der Waals surface area contributed by atoms with E-state index in [0.717, 1.165) is 0 Å². The first-order valence-electron chi connectivity index (χ1n) is 11.3. The second kappa shape index (κ2) is 10.7. The largest absolute Gasteiger partial charge is 0.451 e. The maximum Gasteiger partial charge on any atom is 0.294 e. The smallest absolute Gasteiger partial charge is 0.294 e. The minimum atomic E-state index is -3.46. The van der Waals surface area contributed by atoms with Crippen LogP contribution in [-0.4, -0.2) is 46.4 Å². The molecule has 3 aromatic heterocycles. The lowest BCUT2D eigenvalue weighted by atomic mass is 10.1. The van der Waals surface area contributed by atoms with Gasteiger partial charge in [-0.1, -0.05) is 6.07 Å². The number of ether oxygens (including phenoxy) is 1. The van der Waals surface area contributed by atoms with Gasteiger partial charge in [-0.15, -0.1) is 23.7 Å². The van der Waals surface area contributed by atoms with Gasteiger partial charge >= 0.3 is 0 Å². The summed E-state index contributed by atoms with van der Waals surface area (Å²) in [6.07, 6.45) is 2.81. The molecule has 4 heterocycles. The molecule has 0 spiro atoms.